The maximum atomic E-state index is 6.23. The molecule has 148 valence electrons. The Kier molecular flexibility index (Phi) is 7.41. The molecule has 0 amide bonds. The second-order valence-electron chi connectivity index (χ2n) is 6.70. The van der Waals surface area contributed by atoms with Crippen LogP contribution in [0.25, 0.3) is 10.9 Å². The molecule has 0 aliphatic carbocycles. The molecule has 0 radical (unpaired) electrons. The topological polar surface area (TPSA) is 47.5 Å². The van der Waals surface area contributed by atoms with E-state index in [1.807, 2.05) is 30.1 Å². The Labute approximate surface area is 171 Å². The molecule has 0 spiro atoms. The van der Waals surface area contributed by atoms with Gasteiger partial charge in [-0.1, -0.05) is 37.4 Å². The predicted molar refractivity (Wildman–Crippen MR) is 118 cm³/mol. The van der Waals surface area contributed by atoms with Crippen molar-refractivity contribution in [2.75, 3.05) is 68.8 Å². The van der Waals surface area contributed by atoms with Gasteiger partial charge in [-0.15, -0.1) is 0 Å². The smallest absolute Gasteiger partial charge is 0.227 e. The molecule has 0 atom stereocenters. The molecule has 1 fully saturated rings. The van der Waals surface area contributed by atoms with E-state index in [9.17, 15) is 0 Å². The first-order valence-corrected chi connectivity index (χ1v) is 10.9. The van der Waals surface area contributed by atoms with Crippen molar-refractivity contribution in [1.29, 1.82) is 0 Å². The summed E-state index contributed by atoms with van der Waals surface area (Å²) in [5, 5.41) is 5.20. The van der Waals surface area contributed by atoms with Crippen LogP contribution in [0.3, 0.4) is 0 Å². The van der Waals surface area contributed by atoms with Crippen molar-refractivity contribution >= 4 is 46.2 Å². The van der Waals surface area contributed by atoms with Gasteiger partial charge in [-0.3, -0.25) is 4.31 Å². The number of halogens is 1. The Morgan fingerprint density at radius 3 is 2.59 bits per heavy atom. The van der Waals surface area contributed by atoms with Gasteiger partial charge in [0.2, 0.25) is 5.95 Å². The standard InChI is InChI=1S/C19H29ClN6S/c1-4-26(5-2)27-13-8-21-18-16-14-15(20)6-7-17(16)22-19(23-18)25-11-9-24(3)10-12-25/h6-7,14H,4-5,8-13H2,1-3H3,(H,21,22,23). The summed E-state index contributed by atoms with van der Waals surface area (Å²) in [6, 6.07) is 5.82. The molecule has 1 aromatic heterocycles. The number of hydrogen-bond acceptors (Lipinski definition) is 7. The van der Waals surface area contributed by atoms with Gasteiger partial charge in [0.15, 0.2) is 0 Å². The SMILES string of the molecule is CCN(CC)SCCNc1nc(N2CCN(C)CC2)nc2ccc(Cl)cc12. The highest BCUT2D eigenvalue weighted by Gasteiger charge is 2.18. The lowest BCUT2D eigenvalue weighted by Crippen LogP contribution is -2.45. The summed E-state index contributed by atoms with van der Waals surface area (Å²) in [4.78, 5) is 14.2. The van der Waals surface area contributed by atoms with Gasteiger partial charge >= 0.3 is 0 Å². The fourth-order valence-electron chi connectivity index (χ4n) is 3.12. The molecule has 2 heterocycles. The van der Waals surface area contributed by atoms with Crippen LogP contribution in [0.15, 0.2) is 18.2 Å². The summed E-state index contributed by atoms with van der Waals surface area (Å²) in [5.74, 6) is 2.67. The lowest BCUT2D eigenvalue weighted by molar-refractivity contribution is 0.311. The van der Waals surface area contributed by atoms with Crippen LogP contribution in [0.1, 0.15) is 13.8 Å². The molecule has 1 N–H and O–H groups in total. The van der Waals surface area contributed by atoms with Crippen LogP contribution in [0.5, 0.6) is 0 Å². The third-order valence-electron chi connectivity index (χ3n) is 4.81. The van der Waals surface area contributed by atoms with Gasteiger partial charge in [-0.25, -0.2) is 4.98 Å². The number of likely N-dealkylation sites (N-methyl/N-ethyl adjacent to an activating group) is 1. The van der Waals surface area contributed by atoms with E-state index in [0.717, 1.165) is 74.2 Å². The average molecular weight is 409 g/mol. The Balaban J connectivity index is 1.77. The molecule has 27 heavy (non-hydrogen) atoms. The third kappa shape index (κ3) is 5.38. The van der Waals surface area contributed by atoms with Gasteiger partial charge in [-0.05, 0) is 25.2 Å². The molecule has 8 heteroatoms. The maximum Gasteiger partial charge on any atom is 0.227 e. The first-order valence-electron chi connectivity index (χ1n) is 9.63. The quantitative estimate of drug-likeness (QED) is 0.530. The number of nitrogens with one attached hydrogen (secondary N) is 1. The Bertz CT molecular complexity index is 746. The van der Waals surface area contributed by atoms with E-state index < -0.39 is 0 Å². The zero-order valence-electron chi connectivity index (χ0n) is 16.4. The molecular weight excluding hydrogens is 380 g/mol. The molecule has 6 nitrogen and oxygen atoms in total. The van der Waals surface area contributed by atoms with Gasteiger partial charge in [0.1, 0.15) is 5.82 Å². The normalized spacial score (nSPS) is 15.7. The molecule has 0 unspecified atom stereocenters. The van der Waals surface area contributed by atoms with Crippen molar-refractivity contribution in [3.05, 3.63) is 23.2 Å². The second kappa shape index (κ2) is 9.78. The predicted octanol–water partition coefficient (Wildman–Crippen LogP) is 3.44. The van der Waals surface area contributed by atoms with Crippen LogP contribution in [0.2, 0.25) is 5.02 Å². The zero-order chi connectivity index (χ0) is 19.2. The largest absolute Gasteiger partial charge is 0.369 e. The number of fused-ring (bicyclic) bond motifs is 1. The summed E-state index contributed by atoms with van der Waals surface area (Å²) in [5.41, 5.74) is 0.933. The molecule has 0 saturated carbocycles. The fraction of sp³-hybridized carbons (Fsp3) is 0.579. The van der Waals surface area contributed by atoms with E-state index in [0.29, 0.717) is 5.02 Å². The lowest BCUT2D eigenvalue weighted by atomic mass is 10.2. The van der Waals surface area contributed by atoms with Crippen molar-refractivity contribution in [3.8, 4) is 0 Å². The van der Waals surface area contributed by atoms with Gasteiger partial charge in [0.25, 0.3) is 0 Å². The first kappa shape index (κ1) is 20.5. The van der Waals surface area contributed by atoms with Crippen molar-refractivity contribution in [1.82, 2.24) is 19.2 Å². The van der Waals surface area contributed by atoms with E-state index in [4.69, 9.17) is 21.6 Å². The average Bonchev–Trinajstić information content (AvgIpc) is 2.68. The number of aromatic nitrogens is 2. The van der Waals surface area contributed by atoms with Gasteiger partial charge in [-0.2, -0.15) is 4.98 Å². The molecule has 3 rings (SSSR count). The third-order valence-corrected chi connectivity index (χ3v) is 6.31. The van der Waals surface area contributed by atoms with Crippen LogP contribution >= 0.6 is 23.5 Å². The van der Waals surface area contributed by atoms with E-state index in [2.05, 4.69) is 40.3 Å². The van der Waals surface area contributed by atoms with E-state index in [1.165, 1.54) is 0 Å². The second-order valence-corrected chi connectivity index (χ2v) is 8.32. The highest BCUT2D eigenvalue weighted by Crippen LogP contribution is 2.27. The molecule has 1 aromatic carbocycles. The highest BCUT2D eigenvalue weighted by molar-refractivity contribution is 7.97. The molecule has 1 saturated heterocycles. The van der Waals surface area contributed by atoms with Crippen molar-refractivity contribution in [3.63, 3.8) is 0 Å². The van der Waals surface area contributed by atoms with Crippen LogP contribution in [-0.2, 0) is 0 Å². The van der Waals surface area contributed by atoms with Gasteiger partial charge < -0.3 is 15.1 Å². The minimum Gasteiger partial charge on any atom is -0.369 e. The number of benzene rings is 1. The summed E-state index contributed by atoms with van der Waals surface area (Å²) in [6.07, 6.45) is 0. The number of hydrogen-bond donors (Lipinski definition) is 1. The van der Waals surface area contributed by atoms with Crippen molar-refractivity contribution in [2.24, 2.45) is 0 Å². The Morgan fingerprint density at radius 1 is 1.15 bits per heavy atom. The van der Waals surface area contributed by atoms with Crippen LogP contribution in [-0.4, -0.2) is 77.8 Å². The lowest BCUT2D eigenvalue weighted by Gasteiger charge is -2.32. The Morgan fingerprint density at radius 2 is 1.89 bits per heavy atom. The first-order chi connectivity index (χ1) is 13.1. The van der Waals surface area contributed by atoms with Crippen molar-refractivity contribution < 1.29 is 0 Å². The summed E-state index contributed by atoms with van der Waals surface area (Å²) >= 11 is 8.09. The zero-order valence-corrected chi connectivity index (χ0v) is 18.0. The van der Waals surface area contributed by atoms with Crippen molar-refractivity contribution in [2.45, 2.75) is 13.8 Å². The van der Waals surface area contributed by atoms with Crippen LogP contribution in [0.4, 0.5) is 11.8 Å². The van der Waals surface area contributed by atoms with E-state index >= 15 is 0 Å². The minimum atomic E-state index is 0.707. The molecule has 0 bridgehead atoms. The van der Waals surface area contributed by atoms with Crippen LogP contribution in [0, 0.1) is 0 Å². The fourth-order valence-corrected chi connectivity index (χ4v) is 4.11. The van der Waals surface area contributed by atoms with Gasteiger partial charge in [0, 0.05) is 62.0 Å². The van der Waals surface area contributed by atoms with Crippen LogP contribution < -0.4 is 10.2 Å². The summed E-state index contributed by atoms with van der Waals surface area (Å²) < 4.78 is 2.35. The summed E-state index contributed by atoms with van der Waals surface area (Å²) in [6.45, 7) is 11.3. The molecule has 2 aromatic rings. The Hall–Kier alpha value is -1.28. The maximum absolute atomic E-state index is 6.23. The number of piperazine rings is 1. The van der Waals surface area contributed by atoms with Gasteiger partial charge in [0.05, 0.1) is 5.52 Å². The number of anilines is 2. The molecule has 1 aliphatic heterocycles. The highest BCUT2D eigenvalue weighted by atomic mass is 35.5. The molecular formula is C19H29ClN6S. The minimum absolute atomic E-state index is 0.707. The monoisotopic (exact) mass is 408 g/mol. The van der Waals surface area contributed by atoms with E-state index in [1.54, 1.807) is 0 Å². The summed E-state index contributed by atoms with van der Waals surface area (Å²) in [7, 11) is 2.15. The number of rotatable bonds is 8. The molecule has 1 aliphatic rings. The van der Waals surface area contributed by atoms with E-state index in [-0.39, 0.29) is 0 Å². The number of nitrogens with zero attached hydrogens (tertiary/aromatic N) is 5.